The van der Waals surface area contributed by atoms with Crippen LogP contribution >= 0.6 is 24.0 Å². The minimum atomic E-state index is -0.258. The molecule has 6 nitrogen and oxygen atoms in total. The van der Waals surface area contributed by atoms with Crippen LogP contribution in [0.3, 0.4) is 0 Å². The van der Waals surface area contributed by atoms with Crippen LogP contribution in [0.4, 0.5) is 0 Å². The number of ether oxygens (including phenoxy) is 1. The Balaban J connectivity index is 0.00000729. The van der Waals surface area contributed by atoms with Gasteiger partial charge in [-0.2, -0.15) is 0 Å². The average Bonchev–Trinajstić information content (AvgIpc) is 2.59. The molecule has 1 unspecified atom stereocenters. The fourth-order valence-electron chi connectivity index (χ4n) is 2.31. The quantitative estimate of drug-likeness (QED) is 0.272. The number of hydrogen-bond acceptors (Lipinski definition) is 3. The smallest absolute Gasteiger partial charge is 0.221 e. The highest BCUT2D eigenvalue weighted by atomic mass is 127. The molecule has 0 fully saturated rings. The third kappa shape index (κ3) is 11.4. The average molecular weight is 504 g/mol. The lowest BCUT2D eigenvalue weighted by molar-refractivity contribution is -0.121. The molecule has 0 heterocycles. The minimum absolute atomic E-state index is 0. The Kier molecular flexibility index (Phi) is 12.9. The Bertz CT molecular complexity index is 615. The van der Waals surface area contributed by atoms with Gasteiger partial charge in [0, 0.05) is 31.1 Å². The van der Waals surface area contributed by atoms with Crippen LogP contribution in [0.25, 0.3) is 0 Å². The van der Waals surface area contributed by atoms with Crippen molar-refractivity contribution in [2.24, 2.45) is 4.99 Å². The first-order chi connectivity index (χ1) is 12.7. The van der Waals surface area contributed by atoms with Crippen molar-refractivity contribution in [1.29, 1.82) is 0 Å². The van der Waals surface area contributed by atoms with Gasteiger partial charge >= 0.3 is 0 Å². The van der Waals surface area contributed by atoms with Crippen LogP contribution < -0.4 is 20.7 Å². The maximum atomic E-state index is 11.9. The number of rotatable bonds is 9. The van der Waals surface area contributed by atoms with Crippen molar-refractivity contribution >= 4 is 35.8 Å². The Morgan fingerprint density at radius 2 is 1.86 bits per heavy atom. The Morgan fingerprint density at radius 1 is 1.18 bits per heavy atom. The summed E-state index contributed by atoms with van der Waals surface area (Å²) >= 11 is 0. The largest absolute Gasteiger partial charge is 0.488 e. The zero-order valence-electron chi connectivity index (χ0n) is 18.1. The van der Waals surface area contributed by atoms with Gasteiger partial charge in [0.1, 0.15) is 11.4 Å². The van der Waals surface area contributed by atoms with Gasteiger partial charge in [-0.3, -0.25) is 4.79 Å². The van der Waals surface area contributed by atoms with E-state index in [-0.39, 0.29) is 41.5 Å². The molecule has 0 aliphatic rings. The second-order valence-electron chi connectivity index (χ2n) is 7.57. The number of aliphatic imine (C=N–C) groups is 1. The molecule has 0 radical (unpaired) electrons. The summed E-state index contributed by atoms with van der Waals surface area (Å²) in [5.74, 6) is 1.59. The number of hydrogen-bond donors (Lipinski definition) is 3. The van der Waals surface area contributed by atoms with Crippen molar-refractivity contribution in [3.63, 3.8) is 0 Å². The van der Waals surface area contributed by atoms with Gasteiger partial charge in [0.2, 0.25) is 5.91 Å². The highest BCUT2D eigenvalue weighted by Gasteiger charge is 2.14. The predicted octanol–water partition coefficient (Wildman–Crippen LogP) is 3.84. The molecule has 0 spiro atoms. The van der Waals surface area contributed by atoms with Crippen molar-refractivity contribution in [3.8, 4) is 5.75 Å². The first kappa shape index (κ1) is 26.5. The molecule has 3 N–H and O–H groups in total. The number of para-hydroxylation sites is 1. The molecular weight excluding hydrogens is 467 g/mol. The maximum absolute atomic E-state index is 11.9. The normalized spacial score (nSPS) is 12.6. The monoisotopic (exact) mass is 504 g/mol. The van der Waals surface area contributed by atoms with Crippen molar-refractivity contribution in [1.82, 2.24) is 16.0 Å². The lowest BCUT2D eigenvalue weighted by atomic mass is 10.1. The van der Waals surface area contributed by atoms with Gasteiger partial charge in [-0.15, -0.1) is 24.0 Å². The molecule has 1 amide bonds. The van der Waals surface area contributed by atoms with E-state index >= 15 is 0 Å². The van der Waals surface area contributed by atoms with Gasteiger partial charge in [-0.1, -0.05) is 25.1 Å². The zero-order valence-corrected chi connectivity index (χ0v) is 20.4. The lowest BCUT2D eigenvalue weighted by Crippen LogP contribution is -2.40. The first-order valence-electron chi connectivity index (χ1n) is 9.83. The fraction of sp³-hybridized carbons (Fsp3) is 0.619. The molecular formula is C21H37IN4O2. The number of amides is 1. The minimum Gasteiger partial charge on any atom is -0.488 e. The summed E-state index contributed by atoms with van der Waals surface area (Å²) < 4.78 is 6.02. The van der Waals surface area contributed by atoms with Crippen molar-refractivity contribution in [3.05, 3.63) is 29.8 Å². The first-order valence-corrected chi connectivity index (χ1v) is 9.83. The molecule has 1 atom stereocenters. The van der Waals surface area contributed by atoms with Gasteiger partial charge in [0.25, 0.3) is 0 Å². The molecule has 0 aliphatic carbocycles. The van der Waals surface area contributed by atoms with E-state index in [4.69, 9.17) is 4.74 Å². The van der Waals surface area contributed by atoms with E-state index < -0.39 is 0 Å². The van der Waals surface area contributed by atoms with E-state index in [0.717, 1.165) is 24.3 Å². The van der Waals surface area contributed by atoms with Crippen LogP contribution in [0.15, 0.2) is 29.3 Å². The van der Waals surface area contributed by atoms with E-state index in [1.165, 1.54) is 0 Å². The van der Waals surface area contributed by atoms with Gasteiger partial charge in [-0.05, 0) is 47.1 Å². The highest BCUT2D eigenvalue weighted by molar-refractivity contribution is 14.0. The SMILES string of the molecule is CCNC(=NCc1ccccc1OC(C)(C)C)NCCC(=O)NC(C)CC.I. The number of benzene rings is 1. The number of carbonyl (C=O) groups excluding carboxylic acids is 1. The molecule has 1 aromatic rings. The number of halogens is 1. The molecule has 0 saturated heterocycles. The standard InChI is InChI=1S/C21H36N4O2.HI/c1-7-16(3)25-19(26)13-14-23-20(22-8-2)24-15-17-11-9-10-12-18(17)27-21(4,5)6;/h9-12,16H,7-8,13-15H2,1-6H3,(H,25,26)(H2,22,23,24);1H. The molecule has 0 aromatic heterocycles. The van der Waals surface area contributed by atoms with E-state index in [2.05, 4.69) is 27.9 Å². The van der Waals surface area contributed by atoms with Crippen LogP contribution in [-0.4, -0.2) is 36.6 Å². The second-order valence-corrected chi connectivity index (χ2v) is 7.57. The van der Waals surface area contributed by atoms with E-state index in [0.29, 0.717) is 25.5 Å². The highest BCUT2D eigenvalue weighted by Crippen LogP contribution is 2.23. The molecule has 7 heteroatoms. The van der Waals surface area contributed by atoms with Crippen molar-refractivity contribution in [2.75, 3.05) is 13.1 Å². The topological polar surface area (TPSA) is 74.8 Å². The molecule has 0 aliphatic heterocycles. The van der Waals surface area contributed by atoms with Gasteiger partial charge in [0.15, 0.2) is 5.96 Å². The summed E-state index contributed by atoms with van der Waals surface area (Å²) in [5, 5.41) is 9.40. The summed E-state index contributed by atoms with van der Waals surface area (Å²) in [6.07, 6.45) is 1.35. The molecule has 0 saturated carbocycles. The third-order valence-electron chi connectivity index (χ3n) is 3.80. The Hall–Kier alpha value is -1.51. The number of nitrogens with zero attached hydrogens (tertiary/aromatic N) is 1. The molecule has 1 aromatic carbocycles. The predicted molar refractivity (Wildman–Crippen MR) is 128 cm³/mol. The zero-order chi connectivity index (χ0) is 20.3. The summed E-state index contributed by atoms with van der Waals surface area (Å²) in [6.45, 7) is 14.0. The summed E-state index contributed by atoms with van der Waals surface area (Å²) in [5.41, 5.74) is 0.769. The lowest BCUT2D eigenvalue weighted by Gasteiger charge is -2.23. The molecule has 1 rings (SSSR count). The van der Waals surface area contributed by atoms with E-state index in [9.17, 15) is 4.79 Å². The van der Waals surface area contributed by atoms with Crippen molar-refractivity contribution < 1.29 is 9.53 Å². The summed E-state index contributed by atoms with van der Waals surface area (Å²) in [6, 6.07) is 8.15. The summed E-state index contributed by atoms with van der Waals surface area (Å²) in [7, 11) is 0. The van der Waals surface area contributed by atoms with E-state index in [1.54, 1.807) is 0 Å². The van der Waals surface area contributed by atoms with Crippen molar-refractivity contribution in [2.45, 2.75) is 72.6 Å². The number of carbonyl (C=O) groups is 1. The van der Waals surface area contributed by atoms with Gasteiger partial charge in [0.05, 0.1) is 6.54 Å². The molecule has 160 valence electrons. The Morgan fingerprint density at radius 3 is 2.46 bits per heavy atom. The second kappa shape index (κ2) is 13.6. The van der Waals surface area contributed by atoms with Crippen LogP contribution in [0.2, 0.25) is 0 Å². The molecule has 28 heavy (non-hydrogen) atoms. The van der Waals surface area contributed by atoms with Crippen LogP contribution in [0, 0.1) is 0 Å². The molecule has 0 bridgehead atoms. The maximum Gasteiger partial charge on any atom is 0.221 e. The number of nitrogens with one attached hydrogen (secondary N) is 3. The van der Waals surface area contributed by atoms with E-state index in [1.807, 2.05) is 58.9 Å². The van der Waals surface area contributed by atoms with Crippen LogP contribution in [0.1, 0.15) is 59.9 Å². The third-order valence-corrected chi connectivity index (χ3v) is 3.80. The Labute approximate surface area is 187 Å². The van der Waals surface area contributed by atoms with Crippen LogP contribution in [0.5, 0.6) is 5.75 Å². The van der Waals surface area contributed by atoms with Crippen LogP contribution in [-0.2, 0) is 11.3 Å². The summed E-state index contributed by atoms with van der Waals surface area (Å²) in [4.78, 5) is 16.5. The van der Waals surface area contributed by atoms with Gasteiger partial charge in [-0.25, -0.2) is 4.99 Å². The fourth-order valence-corrected chi connectivity index (χ4v) is 2.31. The number of guanidine groups is 1. The van der Waals surface area contributed by atoms with Gasteiger partial charge < -0.3 is 20.7 Å².